The van der Waals surface area contributed by atoms with E-state index in [-0.39, 0.29) is 10.8 Å². The highest BCUT2D eigenvalue weighted by Gasteiger charge is 2.37. The average Bonchev–Trinajstić information content (AvgIpc) is 2.90. The molecule has 0 aliphatic heterocycles. The molecule has 2 nitrogen and oxygen atoms in total. The molecule has 0 amide bonds. The van der Waals surface area contributed by atoms with Crippen LogP contribution in [-0.2, 0) is 16.1 Å². The van der Waals surface area contributed by atoms with Gasteiger partial charge in [0.15, 0.2) is 0 Å². The summed E-state index contributed by atoms with van der Waals surface area (Å²) in [6.45, 7) is 1.29. The quantitative estimate of drug-likeness (QED) is 0.261. The highest BCUT2D eigenvalue weighted by Crippen LogP contribution is 2.48. The van der Waals surface area contributed by atoms with Gasteiger partial charge in [0, 0.05) is 11.8 Å². The molecule has 0 aliphatic rings. The van der Waals surface area contributed by atoms with Crippen molar-refractivity contribution in [3.05, 3.63) is 144 Å². The molecular weight excluding hydrogens is 422 g/mol. The minimum Gasteiger partial charge on any atom is -0.375 e. The van der Waals surface area contributed by atoms with E-state index in [1.807, 2.05) is 24.9 Å². The number of benzene rings is 4. The van der Waals surface area contributed by atoms with E-state index in [9.17, 15) is 0 Å². The summed E-state index contributed by atoms with van der Waals surface area (Å²) < 4.78 is 5.77. The first kappa shape index (κ1) is 23.3. The molecule has 4 aromatic rings. The molecule has 0 heterocycles. The SMILES string of the molecule is CNC(COCc1ccccc1)CSC(c1ccccc1)(c1ccccc1)c1ccccc1. The fraction of sp³-hybridized carbons (Fsp3) is 0.200. The number of thioether (sulfide) groups is 1. The molecule has 3 heteroatoms. The first-order chi connectivity index (χ1) is 16.3. The number of ether oxygens (including phenoxy) is 1. The molecule has 0 aliphatic carbocycles. The van der Waals surface area contributed by atoms with Crippen molar-refractivity contribution in [3.63, 3.8) is 0 Å². The van der Waals surface area contributed by atoms with Crippen LogP contribution < -0.4 is 5.32 Å². The highest BCUT2D eigenvalue weighted by molar-refractivity contribution is 8.00. The zero-order valence-corrected chi connectivity index (χ0v) is 19.9. The Labute approximate surface area is 202 Å². The Bertz CT molecular complexity index is 975. The van der Waals surface area contributed by atoms with Gasteiger partial charge in [-0.3, -0.25) is 0 Å². The van der Waals surface area contributed by atoms with Crippen LogP contribution in [0, 0.1) is 0 Å². The Hall–Kier alpha value is -2.85. The molecule has 0 fully saturated rings. The van der Waals surface area contributed by atoms with Crippen molar-refractivity contribution in [2.75, 3.05) is 19.4 Å². The Morgan fingerprint density at radius 2 is 1.09 bits per heavy atom. The van der Waals surface area contributed by atoms with Gasteiger partial charge < -0.3 is 10.1 Å². The maximum Gasteiger partial charge on any atom is 0.0907 e. The van der Waals surface area contributed by atoms with Crippen molar-refractivity contribution in [3.8, 4) is 0 Å². The van der Waals surface area contributed by atoms with Crippen molar-refractivity contribution < 1.29 is 4.74 Å². The van der Waals surface area contributed by atoms with E-state index in [2.05, 4.69) is 121 Å². The van der Waals surface area contributed by atoms with E-state index in [0.29, 0.717) is 13.2 Å². The van der Waals surface area contributed by atoms with Gasteiger partial charge >= 0.3 is 0 Å². The molecule has 0 spiro atoms. The summed E-state index contributed by atoms with van der Waals surface area (Å²) >= 11 is 1.96. The third-order valence-corrected chi connectivity index (χ3v) is 7.59. The summed E-state index contributed by atoms with van der Waals surface area (Å²) in [7, 11) is 2.02. The van der Waals surface area contributed by atoms with Gasteiger partial charge in [0.25, 0.3) is 0 Å². The van der Waals surface area contributed by atoms with Crippen molar-refractivity contribution >= 4 is 11.8 Å². The Morgan fingerprint density at radius 3 is 1.52 bits per heavy atom. The lowest BCUT2D eigenvalue weighted by molar-refractivity contribution is 0.106. The van der Waals surface area contributed by atoms with Gasteiger partial charge in [0.05, 0.1) is 18.0 Å². The second kappa shape index (κ2) is 11.9. The van der Waals surface area contributed by atoms with Crippen LogP contribution in [0.2, 0.25) is 0 Å². The predicted octanol–water partition coefficient (Wildman–Crippen LogP) is 6.52. The minimum absolute atomic E-state index is 0.231. The van der Waals surface area contributed by atoms with Crippen LogP contribution in [0.4, 0.5) is 0 Å². The molecular formula is C30H31NOS. The number of likely N-dealkylation sites (N-methyl/N-ethyl adjacent to an activating group) is 1. The molecule has 168 valence electrons. The first-order valence-electron chi connectivity index (χ1n) is 11.4. The van der Waals surface area contributed by atoms with Gasteiger partial charge in [0.1, 0.15) is 0 Å². The van der Waals surface area contributed by atoms with E-state index in [1.165, 1.54) is 22.3 Å². The molecule has 1 N–H and O–H groups in total. The fourth-order valence-corrected chi connectivity index (χ4v) is 5.72. The van der Waals surface area contributed by atoms with Gasteiger partial charge in [-0.05, 0) is 29.3 Å². The maximum absolute atomic E-state index is 6.08. The lowest BCUT2D eigenvalue weighted by Gasteiger charge is -2.36. The number of hydrogen-bond acceptors (Lipinski definition) is 3. The Morgan fingerprint density at radius 1 is 0.667 bits per heavy atom. The number of hydrogen-bond donors (Lipinski definition) is 1. The standard InChI is InChI=1S/C30H31NOS/c1-31-29(23-32-22-25-14-6-2-7-15-25)24-33-30(26-16-8-3-9-17-26,27-18-10-4-11-19-27)28-20-12-5-13-21-28/h2-21,29,31H,22-24H2,1H3. The lowest BCUT2D eigenvalue weighted by atomic mass is 9.84. The normalized spacial score (nSPS) is 12.4. The molecule has 0 saturated carbocycles. The molecule has 4 aromatic carbocycles. The predicted molar refractivity (Wildman–Crippen MR) is 141 cm³/mol. The van der Waals surface area contributed by atoms with Crippen LogP contribution in [0.15, 0.2) is 121 Å². The van der Waals surface area contributed by atoms with Gasteiger partial charge in [-0.1, -0.05) is 121 Å². The van der Waals surface area contributed by atoms with Crippen LogP contribution in [0.5, 0.6) is 0 Å². The van der Waals surface area contributed by atoms with E-state index in [4.69, 9.17) is 4.74 Å². The molecule has 0 radical (unpaired) electrons. The minimum atomic E-state index is -0.307. The third kappa shape index (κ3) is 5.75. The number of nitrogens with one attached hydrogen (secondary N) is 1. The molecule has 33 heavy (non-hydrogen) atoms. The zero-order valence-electron chi connectivity index (χ0n) is 19.1. The molecule has 1 atom stereocenters. The smallest absolute Gasteiger partial charge is 0.0907 e. The first-order valence-corrected chi connectivity index (χ1v) is 12.4. The third-order valence-electron chi connectivity index (χ3n) is 5.88. The van der Waals surface area contributed by atoms with Crippen molar-refractivity contribution in [2.45, 2.75) is 17.4 Å². The van der Waals surface area contributed by atoms with Gasteiger partial charge in [-0.2, -0.15) is 0 Å². The molecule has 1 unspecified atom stereocenters. The second-order valence-corrected chi connectivity index (χ2v) is 9.31. The topological polar surface area (TPSA) is 21.3 Å². The largest absolute Gasteiger partial charge is 0.375 e. The van der Waals surface area contributed by atoms with Crippen LogP contribution in [-0.4, -0.2) is 25.4 Å². The van der Waals surface area contributed by atoms with Crippen molar-refractivity contribution in [1.29, 1.82) is 0 Å². The molecule has 0 bridgehead atoms. The van der Waals surface area contributed by atoms with E-state index >= 15 is 0 Å². The van der Waals surface area contributed by atoms with Crippen LogP contribution in [0.1, 0.15) is 22.3 Å². The number of rotatable bonds is 11. The van der Waals surface area contributed by atoms with E-state index in [1.54, 1.807) is 0 Å². The summed E-state index contributed by atoms with van der Waals surface area (Å²) in [5.74, 6) is 0.907. The van der Waals surface area contributed by atoms with E-state index < -0.39 is 0 Å². The summed E-state index contributed by atoms with van der Waals surface area (Å²) in [4.78, 5) is 0. The van der Waals surface area contributed by atoms with Gasteiger partial charge in [-0.15, -0.1) is 11.8 Å². The Kier molecular flexibility index (Phi) is 8.37. The average molecular weight is 454 g/mol. The van der Waals surface area contributed by atoms with Crippen molar-refractivity contribution in [1.82, 2.24) is 5.32 Å². The summed E-state index contributed by atoms with van der Waals surface area (Å²) in [6, 6.07) is 43.1. The summed E-state index contributed by atoms with van der Waals surface area (Å²) in [6.07, 6.45) is 0. The van der Waals surface area contributed by atoms with Crippen LogP contribution >= 0.6 is 11.8 Å². The highest BCUT2D eigenvalue weighted by atomic mass is 32.2. The Balaban J connectivity index is 1.61. The summed E-state index contributed by atoms with van der Waals surface area (Å²) in [5.41, 5.74) is 5.06. The monoisotopic (exact) mass is 453 g/mol. The second-order valence-electron chi connectivity index (χ2n) is 8.08. The molecule has 0 aromatic heterocycles. The van der Waals surface area contributed by atoms with Crippen LogP contribution in [0.3, 0.4) is 0 Å². The zero-order chi connectivity index (χ0) is 22.8. The summed E-state index contributed by atoms with van der Waals surface area (Å²) in [5, 5.41) is 3.47. The van der Waals surface area contributed by atoms with Gasteiger partial charge in [0.2, 0.25) is 0 Å². The van der Waals surface area contributed by atoms with Gasteiger partial charge in [-0.25, -0.2) is 0 Å². The lowest BCUT2D eigenvalue weighted by Crippen LogP contribution is -2.36. The maximum atomic E-state index is 6.08. The van der Waals surface area contributed by atoms with Crippen LogP contribution in [0.25, 0.3) is 0 Å². The molecule has 0 saturated heterocycles. The molecule has 4 rings (SSSR count). The van der Waals surface area contributed by atoms with Crippen molar-refractivity contribution in [2.24, 2.45) is 0 Å². The van der Waals surface area contributed by atoms with E-state index in [0.717, 1.165) is 5.75 Å². The fourth-order valence-electron chi connectivity index (χ4n) is 4.10.